The maximum absolute atomic E-state index is 11.3. The van der Waals surface area contributed by atoms with Crippen LogP contribution >= 0.6 is 0 Å². The van der Waals surface area contributed by atoms with Gasteiger partial charge in [-0.15, -0.1) is 0 Å². The van der Waals surface area contributed by atoms with E-state index in [2.05, 4.69) is 17.1 Å². The van der Waals surface area contributed by atoms with Crippen molar-refractivity contribution >= 4 is 11.4 Å². The Morgan fingerprint density at radius 2 is 2.30 bits per heavy atom. The lowest BCUT2D eigenvalue weighted by molar-refractivity contribution is -0.384. The van der Waals surface area contributed by atoms with E-state index < -0.39 is 0 Å². The van der Waals surface area contributed by atoms with Crippen molar-refractivity contribution in [3.8, 4) is 0 Å². The summed E-state index contributed by atoms with van der Waals surface area (Å²) in [4.78, 5) is 13.1. The van der Waals surface area contributed by atoms with E-state index in [1.807, 2.05) is 19.1 Å². The Bertz CT molecular complexity index is 470. The third-order valence-corrected chi connectivity index (χ3v) is 3.93. The van der Waals surface area contributed by atoms with Crippen LogP contribution in [0.5, 0.6) is 0 Å². The molecule has 1 aromatic carbocycles. The lowest BCUT2D eigenvalue weighted by Gasteiger charge is -2.30. The first-order valence-corrected chi connectivity index (χ1v) is 7.32. The maximum Gasteiger partial charge on any atom is 0.292 e. The van der Waals surface area contributed by atoms with Gasteiger partial charge in [-0.2, -0.15) is 0 Å². The molecule has 1 aliphatic heterocycles. The van der Waals surface area contributed by atoms with E-state index in [4.69, 9.17) is 0 Å². The fraction of sp³-hybridized carbons (Fsp3) is 0.600. The third kappa shape index (κ3) is 3.48. The van der Waals surface area contributed by atoms with Gasteiger partial charge in [0.25, 0.3) is 5.69 Å². The van der Waals surface area contributed by atoms with Crippen molar-refractivity contribution in [1.29, 1.82) is 0 Å². The summed E-state index contributed by atoms with van der Waals surface area (Å²) in [7, 11) is 0. The zero-order valence-electron chi connectivity index (χ0n) is 12.3. The van der Waals surface area contributed by atoms with Gasteiger partial charge in [-0.25, -0.2) is 0 Å². The second-order valence-electron chi connectivity index (χ2n) is 5.50. The summed E-state index contributed by atoms with van der Waals surface area (Å²) >= 11 is 0. The van der Waals surface area contributed by atoms with Crippen LogP contribution in [0.3, 0.4) is 0 Å². The van der Waals surface area contributed by atoms with Crippen LogP contribution in [0.25, 0.3) is 0 Å². The molecular formula is C15H23N3O2. The number of nitrogens with one attached hydrogen (secondary N) is 1. The van der Waals surface area contributed by atoms with Gasteiger partial charge in [0.1, 0.15) is 5.69 Å². The molecule has 1 heterocycles. The number of hydrogen-bond donors (Lipinski definition) is 1. The van der Waals surface area contributed by atoms with E-state index in [0.717, 1.165) is 37.4 Å². The molecule has 20 heavy (non-hydrogen) atoms. The topological polar surface area (TPSA) is 58.4 Å². The number of hydrogen-bond acceptors (Lipinski definition) is 4. The molecule has 1 unspecified atom stereocenters. The first-order chi connectivity index (χ1) is 9.61. The van der Waals surface area contributed by atoms with Gasteiger partial charge in [-0.1, -0.05) is 6.07 Å². The fourth-order valence-electron chi connectivity index (χ4n) is 2.84. The highest BCUT2D eigenvalue weighted by molar-refractivity contribution is 5.64. The smallest absolute Gasteiger partial charge is 0.292 e. The SMILES string of the molecule is CCN(CC1CCCNC1)c1ccc(C)cc1[N+](=O)[O-]. The highest BCUT2D eigenvalue weighted by Gasteiger charge is 2.22. The Morgan fingerprint density at radius 3 is 2.90 bits per heavy atom. The van der Waals surface area contributed by atoms with Crippen molar-refractivity contribution in [2.75, 3.05) is 31.1 Å². The molecule has 5 nitrogen and oxygen atoms in total. The number of nitro benzene ring substituents is 1. The van der Waals surface area contributed by atoms with E-state index >= 15 is 0 Å². The largest absolute Gasteiger partial charge is 0.366 e. The molecule has 0 spiro atoms. The molecule has 1 fully saturated rings. The minimum atomic E-state index is -0.274. The second kappa shape index (κ2) is 6.70. The molecule has 110 valence electrons. The van der Waals surface area contributed by atoms with Gasteiger partial charge in [0.05, 0.1) is 4.92 Å². The average Bonchev–Trinajstić information content (AvgIpc) is 2.46. The zero-order valence-corrected chi connectivity index (χ0v) is 12.3. The number of piperidine rings is 1. The van der Waals surface area contributed by atoms with Crippen molar-refractivity contribution in [2.24, 2.45) is 5.92 Å². The lowest BCUT2D eigenvalue weighted by Crippen LogP contribution is -2.38. The summed E-state index contributed by atoms with van der Waals surface area (Å²) in [6.45, 7) is 7.72. The number of nitro groups is 1. The molecule has 1 aliphatic rings. The van der Waals surface area contributed by atoms with E-state index in [0.29, 0.717) is 5.92 Å². The molecule has 2 rings (SSSR count). The molecule has 0 aliphatic carbocycles. The quantitative estimate of drug-likeness (QED) is 0.664. The summed E-state index contributed by atoms with van der Waals surface area (Å²) in [6.07, 6.45) is 2.39. The highest BCUT2D eigenvalue weighted by Crippen LogP contribution is 2.30. The normalized spacial score (nSPS) is 18.8. The molecule has 0 saturated carbocycles. The van der Waals surface area contributed by atoms with Gasteiger partial charge in [0, 0.05) is 19.2 Å². The van der Waals surface area contributed by atoms with Crippen LogP contribution in [0.15, 0.2) is 18.2 Å². The van der Waals surface area contributed by atoms with Crippen LogP contribution < -0.4 is 10.2 Å². The fourth-order valence-corrected chi connectivity index (χ4v) is 2.84. The number of nitrogens with zero attached hydrogens (tertiary/aromatic N) is 2. The molecule has 0 bridgehead atoms. The Hall–Kier alpha value is -1.62. The van der Waals surface area contributed by atoms with Gasteiger partial charge in [-0.05, 0) is 57.3 Å². The van der Waals surface area contributed by atoms with Crippen molar-refractivity contribution in [3.05, 3.63) is 33.9 Å². The predicted molar refractivity (Wildman–Crippen MR) is 81.3 cm³/mol. The molecule has 1 atom stereocenters. The number of benzene rings is 1. The Balaban J connectivity index is 2.19. The molecular weight excluding hydrogens is 254 g/mol. The maximum atomic E-state index is 11.3. The standard InChI is InChI=1S/C15H23N3O2/c1-3-17(11-13-5-4-8-16-10-13)14-7-6-12(2)9-15(14)18(19)20/h6-7,9,13,16H,3-5,8,10-11H2,1-2H3. The molecule has 1 N–H and O–H groups in total. The van der Waals surface area contributed by atoms with E-state index in [-0.39, 0.29) is 10.6 Å². The average molecular weight is 277 g/mol. The van der Waals surface area contributed by atoms with Crippen molar-refractivity contribution in [1.82, 2.24) is 5.32 Å². The summed E-state index contributed by atoms with van der Waals surface area (Å²) < 4.78 is 0. The van der Waals surface area contributed by atoms with Crippen LogP contribution in [0.4, 0.5) is 11.4 Å². The van der Waals surface area contributed by atoms with Crippen LogP contribution in [0, 0.1) is 23.0 Å². The number of aryl methyl sites for hydroxylation is 1. The molecule has 5 heteroatoms. The Kier molecular flexibility index (Phi) is 4.95. The first-order valence-electron chi connectivity index (χ1n) is 7.32. The monoisotopic (exact) mass is 277 g/mol. The van der Waals surface area contributed by atoms with E-state index in [1.165, 1.54) is 12.8 Å². The first kappa shape index (κ1) is 14.8. The van der Waals surface area contributed by atoms with Crippen LogP contribution in [0.2, 0.25) is 0 Å². The minimum Gasteiger partial charge on any atom is -0.366 e. The van der Waals surface area contributed by atoms with Gasteiger partial charge >= 0.3 is 0 Å². The van der Waals surface area contributed by atoms with Gasteiger partial charge in [0.2, 0.25) is 0 Å². The van der Waals surface area contributed by atoms with Crippen LogP contribution in [-0.2, 0) is 0 Å². The minimum absolute atomic E-state index is 0.218. The van der Waals surface area contributed by atoms with Gasteiger partial charge in [-0.3, -0.25) is 10.1 Å². The molecule has 0 radical (unpaired) electrons. The zero-order chi connectivity index (χ0) is 14.5. The van der Waals surface area contributed by atoms with Crippen molar-refractivity contribution in [2.45, 2.75) is 26.7 Å². The summed E-state index contributed by atoms with van der Waals surface area (Å²) in [5.41, 5.74) is 1.89. The van der Waals surface area contributed by atoms with E-state index in [1.54, 1.807) is 6.07 Å². The summed E-state index contributed by atoms with van der Waals surface area (Å²) in [6, 6.07) is 5.49. The van der Waals surface area contributed by atoms with Crippen molar-refractivity contribution < 1.29 is 4.92 Å². The summed E-state index contributed by atoms with van der Waals surface area (Å²) in [5.74, 6) is 0.574. The van der Waals surface area contributed by atoms with Crippen LogP contribution in [0.1, 0.15) is 25.3 Å². The van der Waals surface area contributed by atoms with Gasteiger partial charge < -0.3 is 10.2 Å². The predicted octanol–water partition coefficient (Wildman–Crippen LogP) is 2.73. The number of anilines is 1. The molecule has 1 aromatic rings. The second-order valence-corrected chi connectivity index (χ2v) is 5.50. The Labute approximate surface area is 120 Å². The third-order valence-electron chi connectivity index (χ3n) is 3.93. The summed E-state index contributed by atoms with van der Waals surface area (Å²) in [5, 5.41) is 14.7. The molecule has 0 aromatic heterocycles. The highest BCUT2D eigenvalue weighted by atomic mass is 16.6. The molecule has 1 saturated heterocycles. The van der Waals surface area contributed by atoms with Crippen LogP contribution in [-0.4, -0.2) is 31.1 Å². The lowest BCUT2D eigenvalue weighted by atomic mass is 9.98. The number of rotatable bonds is 5. The van der Waals surface area contributed by atoms with Crippen molar-refractivity contribution in [3.63, 3.8) is 0 Å². The molecule has 0 amide bonds. The van der Waals surface area contributed by atoms with Gasteiger partial charge in [0.15, 0.2) is 0 Å². The Morgan fingerprint density at radius 1 is 1.50 bits per heavy atom. The van der Waals surface area contributed by atoms with E-state index in [9.17, 15) is 10.1 Å².